The molecule has 2 unspecified atom stereocenters. The summed E-state index contributed by atoms with van der Waals surface area (Å²) in [5.74, 6) is -3.05. The Bertz CT molecular complexity index is 1380. The fraction of sp³-hybridized carbons (Fsp3) is 0.472. The highest BCUT2D eigenvalue weighted by Crippen LogP contribution is 2.24. The van der Waals surface area contributed by atoms with Crippen molar-refractivity contribution in [3.05, 3.63) is 76.9 Å². The van der Waals surface area contributed by atoms with Crippen LogP contribution in [0.2, 0.25) is 0 Å². The average Bonchev–Trinajstić information content (AvgIpc) is 3.01. The SMILES string of the molecule is Cc1cc(CCCCCCCNC(=O)C(OCCCCCc2ccc3ccccc3c2)C(OCC(=O)O)C(=O)O)cc(C)c1O. The Morgan fingerprint density at radius 2 is 1.33 bits per heavy atom. The number of unbranched alkanes of at least 4 members (excludes halogenated alkanes) is 6. The third-order valence-corrected chi connectivity index (χ3v) is 7.88. The van der Waals surface area contributed by atoms with Gasteiger partial charge < -0.3 is 30.1 Å². The van der Waals surface area contributed by atoms with Gasteiger partial charge in [-0.15, -0.1) is 0 Å². The fourth-order valence-corrected chi connectivity index (χ4v) is 5.45. The number of carbonyl (C=O) groups is 3. The first-order valence-electron chi connectivity index (χ1n) is 15.9. The summed E-state index contributed by atoms with van der Waals surface area (Å²) in [7, 11) is 0. The first kappa shape index (κ1) is 35.5. The summed E-state index contributed by atoms with van der Waals surface area (Å²) in [4.78, 5) is 35.9. The van der Waals surface area contributed by atoms with E-state index in [1.54, 1.807) is 0 Å². The topological polar surface area (TPSA) is 142 Å². The zero-order valence-corrected chi connectivity index (χ0v) is 26.4. The van der Waals surface area contributed by atoms with E-state index in [1.807, 2.05) is 38.1 Å². The lowest BCUT2D eigenvalue weighted by molar-refractivity contribution is -0.172. The lowest BCUT2D eigenvalue weighted by Crippen LogP contribution is -2.49. The van der Waals surface area contributed by atoms with Crippen LogP contribution in [0, 0.1) is 13.8 Å². The largest absolute Gasteiger partial charge is 0.507 e. The molecule has 1 amide bonds. The van der Waals surface area contributed by atoms with E-state index >= 15 is 0 Å². The van der Waals surface area contributed by atoms with E-state index < -0.39 is 36.7 Å². The molecule has 45 heavy (non-hydrogen) atoms. The maximum Gasteiger partial charge on any atom is 0.336 e. The minimum Gasteiger partial charge on any atom is -0.507 e. The highest BCUT2D eigenvalue weighted by Gasteiger charge is 2.36. The summed E-state index contributed by atoms with van der Waals surface area (Å²) in [5.41, 5.74) is 4.23. The van der Waals surface area contributed by atoms with Crippen LogP contribution in [0.5, 0.6) is 5.75 Å². The Morgan fingerprint density at radius 1 is 0.711 bits per heavy atom. The van der Waals surface area contributed by atoms with Crippen LogP contribution in [0.4, 0.5) is 0 Å². The van der Waals surface area contributed by atoms with Gasteiger partial charge in [0.15, 0.2) is 12.2 Å². The van der Waals surface area contributed by atoms with Crippen LogP contribution in [0.3, 0.4) is 0 Å². The third kappa shape index (κ3) is 12.2. The number of hydrogen-bond donors (Lipinski definition) is 4. The second-order valence-electron chi connectivity index (χ2n) is 11.6. The number of aliphatic carboxylic acids is 2. The lowest BCUT2D eigenvalue weighted by Gasteiger charge is -2.23. The Kier molecular flexibility index (Phi) is 14.8. The number of aromatic hydroxyl groups is 1. The van der Waals surface area contributed by atoms with Crippen LogP contribution in [-0.4, -0.2) is 65.1 Å². The van der Waals surface area contributed by atoms with Crippen molar-refractivity contribution in [3.8, 4) is 5.75 Å². The molecular formula is C36H47NO8. The molecule has 244 valence electrons. The maximum absolute atomic E-state index is 13.0. The van der Waals surface area contributed by atoms with E-state index in [4.69, 9.17) is 14.6 Å². The number of benzene rings is 3. The van der Waals surface area contributed by atoms with Crippen LogP contribution in [0.15, 0.2) is 54.6 Å². The van der Waals surface area contributed by atoms with E-state index in [0.29, 0.717) is 18.7 Å². The molecule has 0 heterocycles. The van der Waals surface area contributed by atoms with E-state index in [0.717, 1.165) is 68.9 Å². The number of hydrogen-bond acceptors (Lipinski definition) is 6. The Balaban J connectivity index is 1.39. The van der Waals surface area contributed by atoms with Gasteiger partial charge in [-0.1, -0.05) is 80.3 Å². The summed E-state index contributed by atoms with van der Waals surface area (Å²) in [6.07, 6.45) is 5.65. The van der Waals surface area contributed by atoms with Gasteiger partial charge in [-0.25, -0.2) is 9.59 Å². The van der Waals surface area contributed by atoms with Gasteiger partial charge in [0, 0.05) is 13.2 Å². The monoisotopic (exact) mass is 621 g/mol. The molecule has 0 saturated heterocycles. The van der Waals surface area contributed by atoms with Gasteiger partial charge in [0.25, 0.3) is 5.91 Å². The van der Waals surface area contributed by atoms with E-state index in [-0.39, 0.29) is 6.61 Å². The zero-order valence-electron chi connectivity index (χ0n) is 26.4. The second-order valence-corrected chi connectivity index (χ2v) is 11.6. The normalized spacial score (nSPS) is 12.6. The fourth-order valence-electron chi connectivity index (χ4n) is 5.45. The predicted octanol–water partition coefficient (Wildman–Crippen LogP) is 6.12. The molecule has 0 fully saturated rings. The Morgan fingerprint density at radius 3 is 2.02 bits per heavy atom. The highest BCUT2D eigenvalue weighted by molar-refractivity contribution is 5.88. The summed E-state index contributed by atoms with van der Waals surface area (Å²) in [5, 5.41) is 33.7. The molecular weight excluding hydrogens is 574 g/mol. The Labute approximate surface area is 265 Å². The number of fused-ring (bicyclic) bond motifs is 1. The van der Waals surface area contributed by atoms with Crippen LogP contribution < -0.4 is 5.32 Å². The van der Waals surface area contributed by atoms with Crippen molar-refractivity contribution in [2.45, 2.75) is 90.3 Å². The molecule has 9 heteroatoms. The maximum atomic E-state index is 13.0. The number of carboxylic acid groups (broad SMARTS) is 2. The number of rotatable bonds is 21. The number of phenols is 1. The molecule has 0 spiro atoms. The first-order valence-corrected chi connectivity index (χ1v) is 15.9. The number of ether oxygens (including phenoxy) is 2. The average molecular weight is 622 g/mol. The van der Waals surface area contributed by atoms with Crippen LogP contribution in [-0.2, 0) is 36.7 Å². The number of phenolic OH excluding ortho intramolecular Hbond substituents is 1. The molecule has 3 aromatic rings. The van der Waals surface area contributed by atoms with Gasteiger partial charge in [-0.2, -0.15) is 0 Å². The van der Waals surface area contributed by atoms with Gasteiger partial charge >= 0.3 is 11.9 Å². The van der Waals surface area contributed by atoms with Gasteiger partial charge in [0.05, 0.1) is 0 Å². The number of aryl methyl sites for hydroxylation is 4. The molecule has 0 saturated carbocycles. The zero-order chi connectivity index (χ0) is 32.6. The van der Waals surface area contributed by atoms with Crippen molar-refractivity contribution in [2.75, 3.05) is 19.8 Å². The van der Waals surface area contributed by atoms with Gasteiger partial charge in [-0.05, 0) is 85.4 Å². The van der Waals surface area contributed by atoms with Crippen molar-refractivity contribution in [2.24, 2.45) is 0 Å². The first-order chi connectivity index (χ1) is 21.7. The van der Waals surface area contributed by atoms with Crippen molar-refractivity contribution >= 4 is 28.6 Å². The smallest absolute Gasteiger partial charge is 0.336 e. The second kappa shape index (κ2) is 18.8. The molecule has 2 atom stereocenters. The van der Waals surface area contributed by atoms with Crippen LogP contribution in [0.25, 0.3) is 10.8 Å². The molecule has 3 aromatic carbocycles. The highest BCUT2D eigenvalue weighted by atomic mass is 16.6. The predicted molar refractivity (Wildman–Crippen MR) is 174 cm³/mol. The molecule has 0 bridgehead atoms. The number of amides is 1. The number of nitrogens with one attached hydrogen (secondary N) is 1. The molecule has 4 N–H and O–H groups in total. The summed E-state index contributed by atoms with van der Waals surface area (Å²) < 4.78 is 10.8. The van der Waals surface area contributed by atoms with Crippen molar-refractivity contribution < 1.29 is 39.2 Å². The third-order valence-electron chi connectivity index (χ3n) is 7.88. The molecule has 0 radical (unpaired) electrons. The van der Waals surface area contributed by atoms with Crippen LogP contribution in [0.1, 0.15) is 73.6 Å². The van der Waals surface area contributed by atoms with E-state index in [2.05, 4.69) is 35.6 Å². The lowest BCUT2D eigenvalue weighted by atomic mass is 10.0. The Hall–Kier alpha value is -3.95. The minimum atomic E-state index is -1.73. The summed E-state index contributed by atoms with van der Waals surface area (Å²) in [6.45, 7) is 3.46. The standard InChI is InChI=1S/C36H47NO8/c1-25-21-28(22-26(2)32(25)40)14-7-4-3-5-11-19-37-35(41)33(34(36(42)43)45-24-31(38)39)44-20-12-6-8-13-27-17-18-29-15-9-10-16-30(29)23-27/h9-10,15-18,21-23,33-34,40H,3-8,11-14,19-20,24H2,1-2H3,(H,37,41)(H,38,39)(H,42,43). The van der Waals surface area contributed by atoms with Crippen molar-refractivity contribution in [3.63, 3.8) is 0 Å². The molecule has 3 rings (SSSR count). The van der Waals surface area contributed by atoms with Gasteiger partial charge in [-0.3, -0.25) is 4.79 Å². The molecule has 0 aliphatic heterocycles. The molecule has 0 aromatic heterocycles. The van der Waals surface area contributed by atoms with Crippen molar-refractivity contribution in [1.29, 1.82) is 0 Å². The summed E-state index contributed by atoms with van der Waals surface area (Å²) >= 11 is 0. The van der Waals surface area contributed by atoms with E-state index in [1.165, 1.54) is 21.9 Å². The van der Waals surface area contributed by atoms with E-state index in [9.17, 15) is 24.6 Å². The van der Waals surface area contributed by atoms with Crippen LogP contribution >= 0.6 is 0 Å². The quantitative estimate of drug-likeness (QED) is 0.104. The van der Waals surface area contributed by atoms with Crippen molar-refractivity contribution in [1.82, 2.24) is 5.32 Å². The molecule has 0 aliphatic rings. The number of carboxylic acids is 2. The van der Waals surface area contributed by atoms with Gasteiger partial charge in [0.1, 0.15) is 12.4 Å². The summed E-state index contributed by atoms with van der Waals surface area (Å²) in [6, 6.07) is 18.7. The number of carbonyl (C=O) groups excluding carboxylic acids is 1. The minimum absolute atomic E-state index is 0.149. The van der Waals surface area contributed by atoms with Gasteiger partial charge in [0.2, 0.25) is 0 Å². The molecule has 9 nitrogen and oxygen atoms in total. The molecule has 0 aliphatic carbocycles.